The Morgan fingerprint density at radius 3 is 2.57 bits per heavy atom. The highest BCUT2D eigenvalue weighted by Gasteiger charge is 2.30. The SMILES string of the molecule is CN1CCC(N2c3ccccc3Sc3cc(C#N)ccc32)CC1. The number of rotatable bonds is 1. The summed E-state index contributed by atoms with van der Waals surface area (Å²) < 4.78 is 0. The molecule has 0 aromatic heterocycles. The zero-order chi connectivity index (χ0) is 15.8. The molecule has 1 saturated heterocycles. The second kappa shape index (κ2) is 5.92. The van der Waals surface area contributed by atoms with E-state index in [9.17, 15) is 5.26 Å². The van der Waals surface area contributed by atoms with Gasteiger partial charge < -0.3 is 9.80 Å². The maximum Gasteiger partial charge on any atom is 0.0992 e. The molecule has 0 bridgehead atoms. The molecule has 2 aromatic rings. The van der Waals surface area contributed by atoms with Crippen LogP contribution in [0.15, 0.2) is 52.3 Å². The highest BCUT2D eigenvalue weighted by molar-refractivity contribution is 7.99. The summed E-state index contributed by atoms with van der Waals surface area (Å²) in [6.07, 6.45) is 2.35. The Hall–Kier alpha value is -1.96. The molecule has 0 radical (unpaired) electrons. The van der Waals surface area contributed by atoms with E-state index < -0.39 is 0 Å². The van der Waals surface area contributed by atoms with Gasteiger partial charge in [0.1, 0.15) is 0 Å². The van der Waals surface area contributed by atoms with Crippen LogP contribution in [0.5, 0.6) is 0 Å². The van der Waals surface area contributed by atoms with Crippen molar-refractivity contribution in [2.45, 2.75) is 28.7 Å². The smallest absolute Gasteiger partial charge is 0.0992 e. The molecule has 1 fully saturated rings. The Bertz CT molecular complexity index is 772. The molecule has 4 heteroatoms. The van der Waals surface area contributed by atoms with Crippen molar-refractivity contribution in [1.82, 2.24) is 4.90 Å². The van der Waals surface area contributed by atoms with E-state index >= 15 is 0 Å². The van der Waals surface area contributed by atoms with Crippen LogP contribution >= 0.6 is 11.8 Å². The van der Waals surface area contributed by atoms with Crippen molar-refractivity contribution in [3.8, 4) is 6.07 Å². The average Bonchev–Trinajstić information content (AvgIpc) is 2.60. The number of anilines is 2. The van der Waals surface area contributed by atoms with Gasteiger partial charge >= 0.3 is 0 Å². The monoisotopic (exact) mass is 321 g/mol. The Morgan fingerprint density at radius 2 is 1.78 bits per heavy atom. The minimum Gasteiger partial charge on any atom is -0.336 e. The lowest BCUT2D eigenvalue weighted by atomic mass is 10.0. The van der Waals surface area contributed by atoms with Crippen molar-refractivity contribution in [2.75, 3.05) is 25.0 Å². The van der Waals surface area contributed by atoms with Crippen LogP contribution in [0.2, 0.25) is 0 Å². The lowest BCUT2D eigenvalue weighted by molar-refractivity contribution is 0.255. The predicted molar refractivity (Wildman–Crippen MR) is 94.4 cm³/mol. The van der Waals surface area contributed by atoms with Crippen molar-refractivity contribution in [1.29, 1.82) is 5.26 Å². The van der Waals surface area contributed by atoms with Crippen molar-refractivity contribution in [3.63, 3.8) is 0 Å². The number of nitrogens with zero attached hydrogens (tertiary/aromatic N) is 3. The number of hydrogen-bond donors (Lipinski definition) is 0. The van der Waals surface area contributed by atoms with Gasteiger partial charge in [0, 0.05) is 15.8 Å². The molecule has 0 unspecified atom stereocenters. The fourth-order valence-corrected chi connectivity index (χ4v) is 4.61. The third-order valence-electron chi connectivity index (χ3n) is 4.75. The first-order chi connectivity index (χ1) is 11.3. The standard InChI is InChI=1S/C19H19N3S/c1-21-10-8-15(9-11-21)22-16-4-2-3-5-18(16)23-19-12-14(13-20)6-7-17(19)22/h2-7,12,15H,8-11H2,1H3. The molecule has 2 aliphatic heterocycles. The molecule has 0 N–H and O–H groups in total. The van der Waals surface area contributed by atoms with E-state index in [0.717, 1.165) is 18.7 Å². The van der Waals surface area contributed by atoms with E-state index in [1.165, 1.54) is 34.0 Å². The maximum atomic E-state index is 9.20. The first kappa shape index (κ1) is 14.6. The normalized spacial score (nSPS) is 18.2. The van der Waals surface area contributed by atoms with Crippen LogP contribution in [-0.4, -0.2) is 31.1 Å². The quantitative estimate of drug-likeness (QED) is 0.785. The average molecular weight is 321 g/mol. The number of piperidine rings is 1. The molecule has 4 rings (SSSR count). The number of nitriles is 1. The van der Waals surface area contributed by atoms with Gasteiger partial charge in [0.15, 0.2) is 0 Å². The van der Waals surface area contributed by atoms with E-state index in [0.29, 0.717) is 6.04 Å². The summed E-state index contributed by atoms with van der Waals surface area (Å²) in [5.74, 6) is 0. The highest BCUT2D eigenvalue weighted by Crippen LogP contribution is 2.50. The minimum atomic E-state index is 0.528. The summed E-state index contributed by atoms with van der Waals surface area (Å²) in [7, 11) is 2.20. The van der Waals surface area contributed by atoms with Gasteiger partial charge in [0.25, 0.3) is 0 Å². The van der Waals surface area contributed by atoms with Gasteiger partial charge in [-0.2, -0.15) is 5.26 Å². The zero-order valence-electron chi connectivity index (χ0n) is 13.2. The molecule has 2 aliphatic rings. The third kappa shape index (κ3) is 2.60. The Labute approximate surface area is 141 Å². The van der Waals surface area contributed by atoms with Gasteiger partial charge in [-0.05, 0) is 63.3 Å². The van der Waals surface area contributed by atoms with Crippen LogP contribution in [0.3, 0.4) is 0 Å². The van der Waals surface area contributed by atoms with E-state index in [1.807, 2.05) is 12.1 Å². The lowest BCUT2D eigenvalue weighted by Gasteiger charge is -2.42. The molecule has 0 amide bonds. The summed E-state index contributed by atoms with van der Waals surface area (Å²) >= 11 is 1.78. The number of para-hydroxylation sites is 1. The van der Waals surface area contributed by atoms with E-state index in [2.05, 4.69) is 53.2 Å². The molecule has 0 saturated carbocycles. The molecule has 0 atom stereocenters. The minimum absolute atomic E-state index is 0.528. The summed E-state index contributed by atoms with van der Waals surface area (Å²) in [6.45, 7) is 2.28. The van der Waals surface area contributed by atoms with Crippen LogP contribution < -0.4 is 4.90 Å². The topological polar surface area (TPSA) is 30.3 Å². The summed E-state index contributed by atoms with van der Waals surface area (Å²) in [4.78, 5) is 7.39. The molecule has 116 valence electrons. The van der Waals surface area contributed by atoms with Gasteiger partial charge in [-0.1, -0.05) is 23.9 Å². The maximum absolute atomic E-state index is 9.20. The second-order valence-electron chi connectivity index (χ2n) is 6.27. The van der Waals surface area contributed by atoms with Gasteiger partial charge in [0.2, 0.25) is 0 Å². The third-order valence-corrected chi connectivity index (χ3v) is 5.86. The van der Waals surface area contributed by atoms with E-state index in [4.69, 9.17) is 0 Å². The number of benzene rings is 2. The fraction of sp³-hybridized carbons (Fsp3) is 0.316. The number of hydrogen-bond acceptors (Lipinski definition) is 4. The molecule has 0 spiro atoms. The molecule has 2 heterocycles. The van der Waals surface area contributed by atoms with Crippen molar-refractivity contribution >= 4 is 23.1 Å². The largest absolute Gasteiger partial charge is 0.336 e. The molecule has 23 heavy (non-hydrogen) atoms. The molecule has 0 aliphatic carbocycles. The summed E-state index contributed by atoms with van der Waals surface area (Å²) in [5.41, 5.74) is 3.30. The first-order valence-electron chi connectivity index (χ1n) is 8.05. The van der Waals surface area contributed by atoms with Crippen LogP contribution in [0.1, 0.15) is 18.4 Å². The van der Waals surface area contributed by atoms with Crippen molar-refractivity contribution < 1.29 is 0 Å². The van der Waals surface area contributed by atoms with Gasteiger partial charge in [-0.15, -0.1) is 0 Å². The van der Waals surface area contributed by atoms with Crippen molar-refractivity contribution in [3.05, 3.63) is 48.0 Å². The molecular formula is C19H19N3S. The Kier molecular flexibility index (Phi) is 3.76. The zero-order valence-corrected chi connectivity index (χ0v) is 14.0. The number of likely N-dealkylation sites (tertiary alicyclic amines) is 1. The van der Waals surface area contributed by atoms with Gasteiger partial charge in [0.05, 0.1) is 23.0 Å². The van der Waals surface area contributed by atoms with Gasteiger partial charge in [-0.3, -0.25) is 0 Å². The summed E-state index contributed by atoms with van der Waals surface area (Å²) in [5, 5.41) is 9.20. The predicted octanol–water partition coefficient (Wildman–Crippen LogP) is 4.26. The Balaban J connectivity index is 1.80. The van der Waals surface area contributed by atoms with Gasteiger partial charge in [-0.25, -0.2) is 0 Å². The second-order valence-corrected chi connectivity index (χ2v) is 7.35. The van der Waals surface area contributed by atoms with Crippen LogP contribution in [0.4, 0.5) is 11.4 Å². The molecule has 2 aromatic carbocycles. The lowest BCUT2D eigenvalue weighted by Crippen LogP contribution is -2.42. The molecular weight excluding hydrogens is 302 g/mol. The van der Waals surface area contributed by atoms with Crippen LogP contribution in [-0.2, 0) is 0 Å². The van der Waals surface area contributed by atoms with Crippen LogP contribution in [0, 0.1) is 11.3 Å². The number of fused-ring (bicyclic) bond motifs is 2. The summed E-state index contributed by atoms with van der Waals surface area (Å²) in [6, 6.07) is 17.5. The van der Waals surface area contributed by atoms with E-state index in [-0.39, 0.29) is 0 Å². The fourth-order valence-electron chi connectivity index (χ4n) is 3.50. The van der Waals surface area contributed by atoms with Crippen molar-refractivity contribution in [2.24, 2.45) is 0 Å². The van der Waals surface area contributed by atoms with E-state index in [1.54, 1.807) is 11.8 Å². The Morgan fingerprint density at radius 1 is 1.04 bits per heavy atom. The first-order valence-corrected chi connectivity index (χ1v) is 8.87. The van der Waals surface area contributed by atoms with Crippen LogP contribution in [0.25, 0.3) is 0 Å². The highest BCUT2D eigenvalue weighted by atomic mass is 32.2. The molecule has 3 nitrogen and oxygen atoms in total.